The molecule has 1 fully saturated rings. The van der Waals surface area contributed by atoms with E-state index in [-0.39, 0.29) is 18.2 Å². The molecule has 0 aromatic heterocycles. The number of benzene rings is 2. The molecule has 1 heterocycles. The number of ether oxygens (including phenoxy) is 2. The molecule has 1 aliphatic rings. The Bertz CT molecular complexity index is 989. The SMILES string of the molecule is CCN1C(=O)CC(C(=O)Nc2ccc(C(=O)OC)cc2)SC1=Nc1ccc(OC)cc1. The monoisotopic (exact) mass is 441 g/mol. The highest BCUT2D eigenvalue weighted by molar-refractivity contribution is 8.15. The van der Waals surface area contributed by atoms with E-state index >= 15 is 0 Å². The number of amidine groups is 1. The Labute approximate surface area is 184 Å². The van der Waals surface area contributed by atoms with Crippen molar-refractivity contribution in [2.45, 2.75) is 18.6 Å². The Kier molecular flexibility index (Phi) is 7.30. The quantitative estimate of drug-likeness (QED) is 0.690. The highest BCUT2D eigenvalue weighted by atomic mass is 32.2. The standard InChI is InChI=1S/C22H23N3O5S/c1-4-25-19(26)13-18(31-22(25)24-16-9-11-17(29-2)12-10-16)20(27)23-15-7-5-14(6-8-15)21(28)30-3/h5-12,18H,4,13H2,1-3H3,(H,23,27). The minimum absolute atomic E-state index is 0.0756. The second-order valence-electron chi connectivity index (χ2n) is 6.60. The number of thioether (sulfide) groups is 1. The molecule has 0 bridgehead atoms. The number of methoxy groups -OCH3 is 2. The van der Waals surface area contributed by atoms with Gasteiger partial charge in [0.15, 0.2) is 5.17 Å². The molecule has 3 rings (SSSR count). The first-order valence-corrected chi connectivity index (χ1v) is 10.5. The zero-order chi connectivity index (χ0) is 22.4. The maximum absolute atomic E-state index is 12.8. The molecule has 2 aromatic rings. The summed E-state index contributed by atoms with van der Waals surface area (Å²) in [4.78, 5) is 43.1. The number of hydrogen-bond donors (Lipinski definition) is 1. The van der Waals surface area contributed by atoms with Crippen molar-refractivity contribution in [3.63, 3.8) is 0 Å². The van der Waals surface area contributed by atoms with Crippen molar-refractivity contribution in [1.82, 2.24) is 4.90 Å². The first kappa shape index (κ1) is 22.4. The normalized spacial score (nSPS) is 17.4. The fraction of sp³-hybridized carbons (Fsp3) is 0.273. The average molecular weight is 442 g/mol. The minimum atomic E-state index is -0.618. The summed E-state index contributed by atoms with van der Waals surface area (Å²) in [7, 11) is 2.89. The first-order valence-electron chi connectivity index (χ1n) is 9.64. The van der Waals surface area contributed by atoms with Gasteiger partial charge >= 0.3 is 5.97 Å². The number of nitrogens with zero attached hydrogens (tertiary/aromatic N) is 2. The molecule has 0 radical (unpaired) electrons. The van der Waals surface area contributed by atoms with Crippen LogP contribution in [0.5, 0.6) is 5.75 Å². The summed E-state index contributed by atoms with van der Waals surface area (Å²) in [5.74, 6) is -0.207. The lowest BCUT2D eigenvalue weighted by Crippen LogP contribution is -2.45. The maximum Gasteiger partial charge on any atom is 0.337 e. The van der Waals surface area contributed by atoms with Crippen LogP contribution in [-0.2, 0) is 14.3 Å². The smallest absolute Gasteiger partial charge is 0.337 e. The van der Waals surface area contributed by atoms with Gasteiger partial charge in [0.05, 0.1) is 25.5 Å². The van der Waals surface area contributed by atoms with Gasteiger partial charge in [-0.15, -0.1) is 0 Å². The Morgan fingerprint density at radius 3 is 2.39 bits per heavy atom. The van der Waals surface area contributed by atoms with E-state index < -0.39 is 11.2 Å². The highest BCUT2D eigenvalue weighted by Gasteiger charge is 2.35. The largest absolute Gasteiger partial charge is 0.497 e. The lowest BCUT2D eigenvalue weighted by atomic mass is 10.2. The van der Waals surface area contributed by atoms with E-state index in [2.05, 4.69) is 15.0 Å². The highest BCUT2D eigenvalue weighted by Crippen LogP contribution is 2.30. The van der Waals surface area contributed by atoms with E-state index in [4.69, 9.17) is 4.74 Å². The van der Waals surface area contributed by atoms with E-state index in [1.807, 2.05) is 6.92 Å². The van der Waals surface area contributed by atoms with Gasteiger partial charge in [0.25, 0.3) is 0 Å². The van der Waals surface area contributed by atoms with E-state index in [0.717, 1.165) is 0 Å². The summed E-state index contributed by atoms with van der Waals surface area (Å²) >= 11 is 1.25. The number of aliphatic imine (C=N–C) groups is 1. The van der Waals surface area contributed by atoms with Crippen molar-refractivity contribution in [2.24, 2.45) is 4.99 Å². The fourth-order valence-corrected chi connectivity index (χ4v) is 4.11. The molecule has 162 valence electrons. The van der Waals surface area contributed by atoms with Crippen molar-refractivity contribution in [3.05, 3.63) is 54.1 Å². The summed E-state index contributed by atoms with van der Waals surface area (Å²) in [6.07, 6.45) is 0.0756. The van der Waals surface area contributed by atoms with Crippen molar-refractivity contribution in [1.29, 1.82) is 0 Å². The van der Waals surface area contributed by atoms with Gasteiger partial charge < -0.3 is 14.8 Å². The van der Waals surface area contributed by atoms with Gasteiger partial charge in [0, 0.05) is 18.7 Å². The molecule has 2 amide bonds. The van der Waals surface area contributed by atoms with Crippen molar-refractivity contribution in [3.8, 4) is 5.75 Å². The fourth-order valence-electron chi connectivity index (χ4n) is 2.95. The van der Waals surface area contributed by atoms with E-state index in [1.54, 1.807) is 60.5 Å². The number of anilines is 1. The molecular weight excluding hydrogens is 418 g/mol. The van der Waals surface area contributed by atoms with Crippen LogP contribution in [-0.4, -0.2) is 53.9 Å². The molecule has 0 aliphatic carbocycles. The molecule has 1 atom stereocenters. The van der Waals surface area contributed by atoms with Crippen LogP contribution in [0.15, 0.2) is 53.5 Å². The molecule has 1 unspecified atom stereocenters. The number of hydrogen-bond acceptors (Lipinski definition) is 7. The van der Waals surface area contributed by atoms with Crippen LogP contribution in [0, 0.1) is 0 Å². The van der Waals surface area contributed by atoms with E-state index in [0.29, 0.717) is 34.4 Å². The number of rotatable bonds is 6. The topological polar surface area (TPSA) is 97.3 Å². The second kappa shape index (κ2) is 10.1. The first-order chi connectivity index (χ1) is 14.9. The summed E-state index contributed by atoms with van der Waals surface area (Å²) < 4.78 is 9.82. The third kappa shape index (κ3) is 5.43. The molecule has 1 N–H and O–H groups in total. The summed E-state index contributed by atoms with van der Waals surface area (Å²) in [6.45, 7) is 2.33. The van der Waals surface area contributed by atoms with Crippen LogP contribution < -0.4 is 10.1 Å². The molecule has 8 nitrogen and oxygen atoms in total. The lowest BCUT2D eigenvalue weighted by Gasteiger charge is -2.30. The van der Waals surface area contributed by atoms with Crippen LogP contribution in [0.4, 0.5) is 11.4 Å². The third-order valence-electron chi connectivity index (χ3n) is 4.62. The molecule has 31 heavy (non-hydrogen) atoms. The summed E-state index contributed by atoms with van der Waals surface area (Å²) in [5, 5.41) is 2.65. The minimum Gasteiger partial charge on any atom is -0.497 e. The number of nitrogens with one attached hydrogen (secondary N) is 1. The molecule has 9 heteroatoms. The lowest BCUT2D eigenvalue weighted by molar-refractivity contribution is -0.129. The van der Waals surface area contributed by atoms with Crippen molar-refractivity contribution >= 4 is 46.1 Å². The maximum atomic E-state index is 12.8. The van der Waals surface area contributed by atoms with Crippen LogP contribution in [0.3, 0.4) is 0 Å². The average Bonchev–Trinajstić information content (AvgIpc) is 2.79. The number of carbonyl (C=O) groups excluding carboxylic acids is 3. The second-order valence-corrected chi connectivity index (χ2v) is 7.77. The zero-order valence-corrected chi connectivity index (χ0v) is 18.3. The van der Waals surface area contributed by atoms with Crippen LogP contribution in [0.1, 0.15) is 23.7 Å². The van der Waals surface area contributed by atoms with Gasteiger partial charge in [0.1, 0.15) is 11.0 Å². The van der Waals surface area contributed by atoms with Crippen LogP contribution in [0.25, 0.3) is 0 Å². The summed E-state index contributed by atoms with van der Waals surface area (Å²) in [6, 6.07) is 13.5. The molecule has 1 aliphatic heterocycles. The predicted octanol–water partition coefficient (Wildman–Crippen LogP) is 3.46. The van der Waals surface area contributed by atoms with Gasteiger partial charge in [-0.25, -0.2) is 9.79 Å². The summed E-state index contributed by atoms with van der Waals surface area (Å²) in [5.41, 5.74) is 1.57. The number of amides is 2. The van der Waals surface area contributed by atoms with Crippen LogP contribution in [0.2, 0.25) is 0 Å². The van der Waals surface area contributed by atoms with Gasteiger partial charge in [-0.3, -0.25) is 14.5 Å². The van der Waals surface area contributed by atoms with Gasteiger partial charge in [0.2, 0.25) is 11.8 Å². The Balaban J connectivity index is 1.75. The van der Waals surface area contributed by atoms with E-state index in [9.17, 15) is 14.4 Å². The molecular formula is C22H23N3O5S. The van der Waals surface area contributed by atoms with E-state index in [1.165, 1.54) is 18.9 Å². The molecule has 0 saturated carbocycles. The number of carbonyl (C=O) groups is 3. The molecule has 2 aromatic carbocycles. The zero-order valence-electron chi connectivity index (χ0n) is 17.5. The van der Waals surface area contributed by atoms with Gasteiger partial charge in [-0.05, 0) is 55.5 Å². The molecule has 1 saturated heterocycles. The van der Waals surface area contributed by atoms with Crippen molar-refractivity contribution in [2.75, 3.05) is 26.1 Å². The third-order valence-corrected chi connectivity index (χ3v) is 5.81. The van der Waals surface area contributed by atoms with Gasteiger partial charge in [-0.1, -0.05) is 11.8 Å². The Morgan fingerprint density at radius 1 is 1.13 bits per heavy atom. The van der Waals surface area contributed by atoms with Crippen molar-refractivity contribution < 1.29 is 23.9 Å². The van der Waals surface area contributed by atoms with Gasteiger partial charge in [-0.2, -0.15) is 0 Å². The Hall–Kier alpha value is -3.33. The number of esters is 1. The predicted molar refractivity (Wildman–Crippen MR) is 120 cm³/mol. The Morgan fingerprint density at radius 2 is 1.81 bits per heavy atom. The van der Waals surface area contributed by atoms with Crippen LogP contribution >= 0.6 is 11.8 Å². The molecule has 0 spiro atoms.